The number of imide groups is 1. The van der Waals surface area contributed by atoms with Crippen LogP contribution in [-0.4, -0.2) is 29.3 Å². The molecule has 2 aromatic rings. The monoisotopic (exact) mass is 433 g/mol. The highest BCUT2D eigenvalue weighted by atomic mass is 79.9. The third-order valence-corrected chi connectivity index (χ3v) is 5.18. The second-order valence-electron chi connectivity index (χ2n) is 6.12. The molecule has 8 heteroatoms. The van der Waals surface area contributed by atoms with E-state index in [4.69, 9.17) is 0 Å². The van der Waals surface area contributed by atoms with Crippen molar-refractivity contribution in [1.82, 2.24) is 10.2 Å². The number of carbonyl (C=O) groups excluding carboxylic acids is 3. The van der Waals surface area contributed by atoms with Gasteiger partial charge in [-0.3, -0.25) is 14.5 Å². The van der Waals surface area contributed by atoms with Crippen molar-refractivity contribution in [3.63, 3.8) is 0 Å². The van der Waals surface area contributed by atoms with Gasteiger partial charge in [0.25, 0.3) is 5.91 Å². The van der Waals surface area contributed by atoms with Gasteiger partial charge >= 0.3 is 6.03 Å². The number of halogens is 2. The van der Waals surface area contributed by atoms with Crippen molar-refractivity contribution in [1.29, 1.82) is 0 Å². The van der Waals surface area contributed by atoms with Gasteiger partial charge in [-0.05, 0) is 52.2 Å². The molecular formula is C19H17BrFN3O3. The van der Waals surface area contributed by atoms with Gasteiger partial charge in [0.1, 0.15) is 17.9 Å². The van der Waals surface area contributed by atoms with Crippen LogP contribution in [0.5, 0.6) is 0 Å². The highest BCUT2D eigenvalue weighted by Crippen LogP contribution is 2.32. The fourth-order valence-corrected chi connectivity index (χ4v) is 3.42. The number of urea groups is 1. The average molecular weight is 434 g/mol. The van der Waals surface area contributed by atoms with E-state index in [1.165, 1.54) is 24.3 Å². The summed E-state index contributed by atoms with van der Waals surface area (Å²) in [4.78, 5) is 38.6. The van der Waals surface area contributed by atoms with E-state index in [-0.39, 0.29) is 6.42 Å². The Balaban J connectivity index is 1.80. The lowest BCUT2D eigenvalue weighted by Crippen LogP contribution is -2.44. The van der Waals surface area contributed by atoms with Crippen molar-refractivity contribution in [3.05, 3.63) is 64.4 Å². The van der Waals surface area contributed by atoms with Crippen molar-refractivity contribution in [2.24, 2.45) is 0 Å². The Morgan fingerprint density at radius 2 is 1.85 bits per heavy atom. The number of nitrogens with one attached hydrogen (secondary N) is 2. The summed E-state index contributed by atoms with van der Waals surface area (Å²) < 4.78 is 13.9. The van der Waals surface area contributed by atoms with Gasteiger partial charge in [0.2, 0.25) is 5.91 Å². The van der Waals surface area contributed by atoms with Crippen molar-refractivity contribution in [3.8, 4) is 0 Å². The smallest absolute Gasteiger partial charge is 0.324 e. The first kappa shape index (κ1) is 19.0. The molecule has 0 saturated carbocycles. The van der Waals surface area contributed by atoms with E-state index in [1.807, 2.05) is 0 Å². The molecule has 1 atom stereocenters. The molecule has 4 amide bonds. The summed E-state index contributed by atoms with van der Waals surface area (Å²) in [6, 6.07) is 11.7. The molecule has 1 aliphatic rings. The molecule has 0 radical (unpaired) electrons. The molecule has 1 saturated heterocycles. The Hall–Kier alpha value is -2.74. The standard InChI is InChI=1S/C19H17BrFN3O3/c1-2-19(12-7-9-13(21)10-8-12)17(26)24(18(27)23-19)11-16(25)22-15-6-4-3-5-14(15)20/h3-10H,2,11H2,1H3,(H,22,25)(H,23,27). The maximum Gasteiger partial charge on any atom is 0.325 e. The second kappa shape index (κ2) is 7.48. The summed E-state index contributed by atoms with van der Waals surface area (Å²) in [7, 11) is 0. The zero-order valence-electron chi connectivity index (χ0n) is 14.5. The van der Waals surface area contributed by atoms with Crippen LogP contribution in [0.15, 0.2) is 53.0 Å². The fourth-order valence-electron chi connectivity index (χ4n) is 3.04. The molecule has 1 aliphatic heterocycles. The number of hydrogen-bond donors (Lipinski definition) is 2. The predicted molar refractivity (Wildman–Crippen MR) is 101 cm³/mol. The number of nitrogens with zero attached hydrogens (tertiary/aromatic N) is 1. The van der Waals surface area contributed by atoms with E-state index in [2.05, 4.69) is 26.6 Å². The van der Waals surface area contributed by atoms with Crippen LogP contribution in [0.1, 0.15) is 18.9 Å². The molecule has 27 heavy (non-hydrogen) atoms. The lowest BCUT2D eigenvalue weighted by molar-refractivity contribution is -0.134. The van der Waals surface area contributed by atoms with Crippen LogP contribution in [0, 0.1) is 5.82 Å². The number of amides is 4. The minimum Gasteiger partial charge on any atom is -0.324 e. The van der Waals surface area contributed by atoms with Gasteiger partial charge in [0, 0.05) is 4.47 Å². The summed E-state index contributed by atoms with van der Waals surface area (Å²) in [6.45, 7) is 1.32. The number of carbonyl (C=O) groups is 3. The zero-order valence-corrected chi connectivity index (χ0v) is 16.0. The number of para-hydroxylation sites is 1. The van der Waals surface area contributed by atoms with Crippen LogP contribution in [0.4, 0.5) is 14.9 Å². The summed E-state index contributed by atoms with van der Waals surface area (Å²) in [6.07, 6.45) is 0.269. The largest absolute Gasteiger partial charge is 0.325 e. The molecule has 0 bridgehead atoms. The SMILES string of the molecule is CCC1(c2ccc(F)cc2)NC(=O)N(CC(=O)Nc2ccccc2Br)C1=O. The van der Waals surface area contributed by atoms with Crippen LogP contribution in [0.2, 0.25) is 0 Å². The molecule has 2 aromatic carbocycles. The summed E-state index contributed by atoms with van der Waals surface area (Å²) in [5.74, 6) is -1.48. The highest BCUT2D eigenvalue weighted by molar-refractivity contribution is 9.10. The molecular weight excluding hydrogens is 417 g/mol. The second-order valence-corrected chi connectivity index (χ2v) is 6.97. The molecule has 0 aliphatic carbocycles. The molecule has 1 heterocycles. The van der Waals surface area contributed by atoms with E-state index < -0.39 is 35.7 Å². The molecule has 1 fully saturated rings. The number of benzene rings is 2. The summed E-state index contributed by atoms with van der Waals surface area (Å²) in [5.41, 5.74) is -0.299. The van der Waals surface area contributed by atoms with Gasteiger partial charge in [0.15, 0.2) is 0 Å². The van der Waals surface area contributed by atoms with Gasteiger partial charge in [-0.1, -0.05) is 31.2 Å². The number of rotatable bonds is 5. The first-order valence-corrected chi connectivity index (χ1v) is 9.11. The molecule has 2 N–H and O–H groups in total. The van der Waals surface area contributed by atoms with E-state index in [0.29, 0.717) is 15.7 Å². The van der Waals surface area contributed by atoms with E-state index in [1.54, 1.807) is 31.2 Å². The van der Waals surface area contributed by atoms with Crippen LogP contribution in [0.25, 0.3) is 0 Å². The van der Waals surface area contributed by atoms with Gasteiger partial charge in [-0.2, -0.15) is 0 Å². The Morgan fingerprint density at radius 3 is 2.48 bits per heavy atom. The zero-order chi connectivity index (χ0) is 19.6. The molecule has 0 aromatic heterocycles. The van der Waals surface area contributed by atoms with Gasteiger partial charge in [-0.25, -0.2) is 9.18 Å². The van der Waals surface area contributed by atoms with E-state index >= 15 is 0 Å². The van der Waals surface area contributed by atoms with Crippen LogP contribution in [-0.2, 0) is 15.1 Å². The summed E-state index contributed by atoms with van der Waals surface area (Å²) in [5, 5.41) is 5.32. The van der Waals surface area contributed by atoms with Crippen molar-refractivity contribution < 1.29 is 18.8 Å². The lowest BCUT2D eigenvalue weighted by Gasteiger charge is -2.25. The van der Waals surface area contributed by atoms with Gasteiger partial charge in [0.05, 0.1) is 5.69 Å². The first-order chi connectivity index (χ1) is 12.9. The third kappa shape index (κ3) is 3.57. The van der Waals surface area contributed by atoms with Crippen molar-refractivity contribution >= 4 is 39.5 Å². The fraction of sp³-hybridized carbons (Fsp3) is 0.211. The predicted octanol–water partition coefficient (Wildman–Crippen LogP) is 3.38. The normalized spacial score (nSPS) is 19.1. The minimum absolute atomic E-state index is 0.269. The van der Waals surface area contributed by atoms with Crippen LogP contribution in [0.3, 0.4) is 0 Å². The van der Waals surface area contributed by atoms with Crippen LogP contribution >= 0.6 is 15.9 Å². The highest BCUT2D eigenvalue weighted by Gasteiger charge is 2.51. The lowest BCUT2D eigenvalue weighted by atomic mass is 9.87. The third-order valence-electron chi connectivity index (χ3n) is 4.49. The molecule has 3 rings (SSSR count). The van der Waals surface area contributed by atoms with E-state index in [9.17, 15) is 18.8 Å². The van der Waals surface area contributed by atoms with Gasteiger partial charge in [-0.15, -0.1) is 0 Å². The molecule has 6 nitrogen and oxygen atoms in total. The first-order valence-electron chi connectivity index (χ1n) is 8.32. The Morgan fingerprint density at radius 1 is 1.19 bits per heavy atom. The Bertz CT molecular complexity index is 903. The maximum atomic E-state index is 13.2. The maximum absolute atomic E-state index is 13.2. The van der Waals surface area contributed by atoms with Gasteiger partial charge < -0.3 is 10.6 Å². The molecule has 0 spiro atoms. The quantitative estimate of drug-likeness (QED) is 0.709. The summed E-state index contributed by atoms with van der Waals surface area (Å²) >= 11 is 3.32. The number of hydrogen-bond acceptors (Lipinski definition) is 3. The molecule has 1 unspecified atom stereocenters. The van der Waals surface area contributed by atoms with E-state index in [0.717, 1.165) is 4.90 Å². The average Bonchev–Trinajstić information content (AvgIpc) is 2.89. The Labute approximate surface area is 163 Å². The number of anilines is 1. The van der Waals surface area contributed by atoms with Crippen molar-refractivity contribution in [2.45, 2.75) is 18.9 Å². The topological polar surface area (TPSA) is 78.5 Å². The molecule has 140 valence electrons. The van der Waals surface area contributed by atoms with Crippen molar-refractivity contribution in [2.75, 3.05) is 11.9 Å². The minimum atomic E-state index is -1.31. The Kier molecular flexibility index (Phi) is 5.27. The van der Waals surface area contributed by atoms with Crippen LogP contribution < -0.4 is 10.6 Å².